The van der Waals surface area contributed by atoms with Gasteiger partial charge < -0.3 is 10.1 Å². The highest BCUT2D eigenvalue weighted by Crippen LogP contribution is 2.26. The van der Waals surface area contributed by atoms with Crippen LogP contribution in [0.2, 0.25) is 0 Å². The van der Waals surface area contributed by atoms with Crippen molar-refractivity contribution in [1.82, 2.24) is 10.3 Å². The fourth-order valence-electron chi connectivity index (χ4n) is 2.68. The van der Waals surface area contributed by atoms with Crippen LogP contribution in [0.3, 0.4) is 0 Å². The standard InChI is InChI=1S/C18H22N2O2S/c1-12(2)18-20-15(11-23-18)8-17(21)19-9-13-7-14-5-3-4-6-16(14)22-10-13/h3-6,11-13H,7-10H2,1-2H3,(H,19,21). The second-order valence-corrected chi connectivity index (χ2v) is 7.19. The molecule has 1 unspecified atom stereocenters. The molecule has 1 aromatic heterocycles. The van der Waals surface area contributed by atoms with Gasteiger partial charge in [-0.2, -0.15) is 0 Å². The van der Waals surface area contributed by atoms with E-state index in [0.717, 1.165) is 22.9 Å². The van der Waals surface area contributed by atoms with Crippen LogP contribution in [0, 0.1) is 5.92 Å². The molecular formula is C18H22N2O2S. The number of rotatable bonds is 5. The maximum atomic E-state index is 12.1. The first-order valence-corrected chi connectivity index (χ1v) is 8.91. The van der Waals surface area contributed by atoms with E-state index < -0.39 is 0 Å². The Morgan fingerprint density at radius 2 is 2.26 bits per heavy atom. The first kappa shape index (κ1) is 16.0. The minimum Gasteiger partial charge on any atom is -0.493 e. The van der Waals surface area contributed by atoms with E-state index in [4.69, 9.17) is 4.74 Å². The summed E-state index contributed by atoms with van der Waals surface area (Å²) >= 11 is 1.63. The molecule has 1 N–H and O–H groups in total. The Hall–Kier alpha value is -1.88. The van der Waals surface area contributed by atoms with Gasteiger partial charge in [0, 0.05) is 23.8 Å². The Morgan fingerprint density at radius 1 is 1.43 bits per heavy atom. The maximum absolute atomic E-state index is 12.1. The van der Waals surface area contributed by atoms with Crippen molar-refractivity contribution in [3.8, 4) is 5.75 Å². The van der Waals surface area contributed by atoms with Crippen molar-refractivity contribution in [3.63, 3.8) is 0 Å². The summed E-state index contributed by atoms with van der Waals surface area (Å²) in [7, 11) is 0. The van der Waals surface area contributed by atoms with Gasteiger partial charge in [-0.3, -0.25) is 4.79 Å². The van der Waals surface area contributed by atoms with E-state index in [2.05, 4.69) is 30.2 Å². The number of aromatic nitrogens is 1. The highest BCUT2D eigenvalue weighted by molar-refractivity contribution is 7.09. The third kappa shape index (κ3) is 4.10. The number of benzene rings is 1. The molecule has 122 valence electrons. The van der Waals surface area contributed by atoms with Gasteiger partial charge in [-0.15, -0.1) is 11.3 Å². The van der Waals surface area contributed by atoms with Gasteiger partial charge in [0.1, 0.15) is 5.75 Å². The number of nitrogens with zero attached hydrogens (tertiary/aromatic N) is 1. The van der Waals surface area contributed by atoms with E-state index in [1.54, 1.807) is 11.3 Å². The van der Waals surface area contributed by atoms with Crippen molar-refractivity contribution in [2.45, 2.75) is 32.6 Å². The van der Waals surface area contributed by atoms with Crippen LogP contribution in [0.4, 0.5) is 0 Å². The smallest absolute Gasteiger partial charge is 0.226 e. The van der Waals surface area contributed by atoms with Crippen molar-refractivity contribution in [2.24, 2.45) is 5.92 Å². The van der Waals surface area contributed by atoms with Gasteiger partial charge in [0.25, 0.3) is 0 Å². The van der Waals surface area contributed by atoms with Crippen LogP contribution in [0.5, 0.6) is 5.75 Å². The lowest BCUT2D eigenvalue weighted by Gasteiger charge is -2.25. The molecule has 3 rings (SSSR count). The zero-order valence-electron chi connectivity index (χ0n) is 13.5. The highest BCUT2D eigenvalue weighted by Gasteiger charge is 2.20. The van der Waals surface area contributed by atoms with E-state index >= 15 is 0 Å². The summed E-state index contributed by atoms with van der Waals surface area (Å²) in [5.41, 5.74) is 2.08. The molecule has 1 aliphatic heterocycles. The number of amides is 1. The number of nitrogens with one attached hydrogen (secondary N) is 1. The fraction of sp³-hybridized carbons (Fsp3) is 0.444. The number of carbonyl (C=O) groups excluding carboxylic acids is 1. The average molecular weight is 330 g/mol. The van der Waals surface area contributed by atoms with E-state index in [1.807, 2.05) is 23.6 Å². The largest absolute Gasteiger partial charge is 0.493 e. The van der Waals surface area contributed by atoms with Crippen LogP contribution >= 0.6 is 11.3 Å². The molecule has 0 bridgehead atoms. The maximum Gasteiger partial charge on any atom is 0.226 e. The lowest BCUT2D eigenvalue weighted by Crippen LogP contribution is -2.35. The van der Waals surface area contributed by atoms with Gasteiger partial charge in [0.2, 0.25) is 5.91 Å². The zero-order chi connectivity index (χ0) is 16.2. The molecule has 5 heteroatoms. The molecule has 0 spiro atoms. The predicted octanol–water partition coefficient (Wildman–Crippen LogP) is 3.18. The molecule has 1 aromatic carbocycles. The summed E-state index contributed by atoms with van der Waals surface area (Å²) in [5, 5.41) is 6.08. The Bertz CT molecular complexity index is 681. The molecule has 2 heterocycles. The van der Waals surface area contributed by atoms with E-state index in [1.165, 1.54) is 5.56 Å². The fourth-order valence-corrected chi connectivity index (χ4v) is 3.51. The number of ether oxygens (including phenoxy) is 1. The van der Waals surface area contributed by atoms with Gasteiger partial charge >= 0.3 is 0 Å². The second kappa shape index (κ2) is 7.13. The van der Waals surface area contributed by atoms with Gasteiger partial charge in [-0.25, -0.2) is 4.98 Å². The first-order valence-electron chi connectivity index (χ1n) is 8.03. The van der Waals surface area contributed by atoms with Crippen molar-refractivity contribution >= 4 is 17.2 Å². The van der Waals surface area contributed by atoms with Crippen molar-refractivity contribution in [3.05, 3.63) is 45.9 Å². The average Bonchev–Trinajstić information content (AvgIpc) is 3.01. The summed E-state index contributed by atoms with van der Waals surface area (Å²) in [4.78, 5) is 16.6. The number of thiazole rings is 1. The Labute approximate surface area is 140 Å². The van der Waals surface area contributed by atoms with Crippen LogP contribution in [-0.4, -0.2) is 24.0 Å². The van der Waals surface area contributed by atoms with Crippen LogP contribution in [0.1, 0.15) is 36.0 Å². The summed E-state index contributed by atoms with van der Waals surface area (Å²) in [6.45, 7) is 5.53. The third-order valence-corrected chi connectivity index (χ3v) is 5.14. The van der Waals surface area contributed by atoms with Gasteiger partial charge in [0.05, 0.1) is 23.7 Å². The molecule has 23 heavy (non-hydrogen) atoms. The molecule has 0 saturated carbocycles. The molecule has 0 radical (unpaired) electrons. The zero-order valence-corrected chi connectivity index (χ0v) is 14.4. The second-order valence-electron chi connectivity index (χ2n) is 6.30. The molecule has 1 atom stereocenters. The Balaban J connectivity index is 1.48. The topological polar surface area (TPSA) is 51.2 Å². The molecule has 2 aromatic rings. The summed E-state index contributed by atoms with van der Waals surface area (Å²) in [6, 6.07) is 8.10. The Kier molecular flexibility index (Phi) is 4.96. The minimum absolute atomic E-state index is 0.0319. The number of hydrogen-bond donors (Lipinski definition) is 1. The van der Waals surface area contributed by atoms with Crippen LogP contribution < -0.4 is 10.1 Å². The van der Waals surface area contributed by atoms with Crippen molar-refractivity contribution in [2.75, 3.05) is 13.2 Å². The Morgan fingerprint density at radius 3 is 3.04 bits per heavy atom. The molecule has 1 aliphatic rings. The molecule has 4 nitrogen and oxygen atoms in total. The quantitative estimate of drug-likeness (QED) is 0.916. The number of carbonyl (C=O) groups is 1. The normalized spacial score (nSPS) is 16.7. The molecule has 0 fully saturated rings. The summed E-state index contributed by atoms with van der Waals surface area (Å²) in [6.07, 6.45) is 1.30. The van der Waals surface area contributed by atoms with E-state index in [0.29, 0.717) is 31.4 Å². The molecular weight excluding hydrogens is 308 g/mol. The molecule has 0 saturated heterocycles. The number of hydrogen-bond acceptors (Lipinski definition) is 4. The predicted molar refractivity (Wildman–Crippen MR) is 92.0 cm³/mol. The number of para-hydroxylation sites is 1. The van der Waals surface area contributed by atoms with E-state index in [-0.39, 0.29) is 5.91 Å². The van der Waals surface area contributed by atoms with Crippen LogP contribution in [0.15, 0.2) is 29.6 Å². The van der Waals surface area contributed by atoms with Crippen LogP contribution in [0.25, 0.3) is 0 Å². The third-order valence-electron chi connectivity index (χ3n) is 3.95. The van der Waals surface area contributed by atoms with Gasteiger partial charge in [0.15, 0.2) is 0 Å². The van der Waals surface area contributed by atoms with Gasteiger partial charge in [-0.1, -0.05) is 32.0 Å². The van der Waals surface area contributed by atoms with Crippen LogP contribution in [-0.2, 0) is 17.6 Å². The lowest BCUT2D eigenvalue weighted by atomic mass is 9.97. The highest BCUT2D eigenvalue weighted by atomic mass is 32.1. The number of fused-ring (bicyclic) bond motifs is 1. The van der Waals surface area contributed by atoms with Crippen molar-refractivity contribution < 1.29 is 9.53 Å². The first-order chi connectivity index (χ1) is 11.1. The monoisotopic (exact) mass is 330 g/mol. The lowest BCUT2D eigenvalue weighted by molar-refractivity contribution is -0.120. The summed E-state index contributed by atoms with van der Waals surface area (Å²) < 4.78 is 5.75. The molecule has 1 amide bonds. The van der Waals surface area contributed by atoms with Gasteiger partial charge in [-0.05, 0) is 18.1 Å². The summed E-state index contributed by atoms with van der Waals surface area (Å²) in [5.74, 6) is 1.75. The van der Waals surface area contributed by atoms with E-state index in [9.17, 15) is 4.79 Å². The minimum atomic E-state index is 0.0319. The van der Waals surface area contributed by atoms with Crippen molar-refractivity contribution in [1.29, 1.82) is 0 Å². The molecule has 0 aliphatic carbocycles. The SMILES string of the molecule is CC(C)c1nc(CC(=O)NCC2COc3ccccc3C2)cs1.